The molecule has 2 atom stereocenters. The first-order chi connectivity index (χ1) is 8.43. The Balaban J connectivity index is 2.69. The van der Waals surface area contributed by atoms with Crippen molar-refractivity contribution in [2.75, 3.05) is 27.7 Å². The maximum Gasteiger partial charge on any atom is 0.236 e. The van der Waals surface area contributed by atoms with Crippen molar-refractivity contribution in [2.45, 2.75) is 19.1 Å². The lowest BCUT2D eigenvalue weighted by molar-refractivity contribution is -0.134. The van der Waals surface area contributed by atoms with Crippen molar-refractivity contribution in [3.8, 4) is 0 Å². The molecular formula is C14H22N2O2. The summed E-state index contributed by atoms with van der Waals surface area (Å²) < 4.78 is 0. The van der Waals surface area contributed by atoms with Crippen LogP contribution < -0.4 is 0 Å². The molecule has 0 unspecified atom stereocenters. The van der Waals surface area contributed by atoms with Gasteiger partial charge in [-0.05, 0) is 26.6 Å². The molecule has 18 heavy (non-hydrogen) atoms. The lowest BCUT2D eigenvalue weighted by atomic mass is 10.0. The molecule has 0 bridgehead atoms. The number of aliphatic hydroxyl groups excluding tert-OH is 1. The number of hydrogen-bond donors (Lipinski definition) is 1. The van der Waals surface area contributed by atoms with Crippen molar-refractivity contribution < 1.29 is 9.90 Å². The minimum absolute atomic E-state index is 0.00230. The summed E-state index contributed by atoms with van der Waals surface area (Å²) in [5, 5.41) is 10.2. The first-order valence-electron chi connectivity index (χ1n) is 6.07. The normalized spacial score (nSPS) is 14.3. The summed E-state index contributed by atoms with van der Waals surface area (Å²) >= 11 is 0. The van der Waals surface area contributed by atoms with Gasteiger partial charge in [0.1, 0.15) is 0 Å². The molecule has 0 heterocycles. The quantitative estimate of drug-likeness (QED) is 0.852. The maximum atomic E-state index is 11.9. The molecule has 0 aromatic heterocycles. The molecule has 0 aliphatic carbocycles. The third kappa shape index (κ3) is 3.82. The summed E-state index contributed by atoms with van der Waals surface area (Å²) in [4.78, 5) is 15.3. The van der Waals surface area contributed by atoms with E-state index in [0.29, 0.717) is 6.54 Å². The number of amides is 1. The molecular weight excluding hydrogens is 228 g/mol. The molecule has 1 rings (SSSR count). The van der Waals surface area contributed by atoms with Crippen LogP contribution in [0.15, 0.2) is 30.3 Å². The van der Waals surface area contributed by atoms with Crippen LogP contribution >= 0.6 is 0 Å². The van der Waals surface area contributed by atoms with Gasteiger partial charge in [0.25, 0.3) is 0 Å². The monoisotopic (exact) mass is 250 g/mol. The van der Waals surface area contributed by atoms with E-state index in [0.717, 1.165) is 5.56 Å². The van der Waals surface area contributed by atoms with Crippen LogP contribution in [0.1, 0.15) is 18.6 Å². The first kappa shape index (κ1) is 14.7. The van der Waals surface area contributed by atoms with E-state index < -0.39 is 6.10 Å². The topological polar surface area (TPSA) is 43.8 Å². The zero-order valence-electron chi connectivity index (χ0n) is 11.5. The van der Waals surface area contributed by atoms with Gasteiger partial charge in [-0.15, -0.1) is 0 Å². The van der Waals surface area contributed by atoms with Gasteiger partial charge in [0.15, 0.2) is 0 Å². The number of rotatable bonds is 5. The summed E-state index contributed by atoms with van der Waals surface area (Å²) in [6.07, 6.45) is -0.665. The Morgan fingerprint density at radius 3 is 2.28 bits per heavy atom. The number of hydrogen-bond acceptors (Lipinski definition) is 3. The third-order valence-corrected chi connectivity index (χ3v) is 3.05. The molecule has 0 radical (unpaired) electrons. The van der Waals surface area contributed by atoms with E-state index in [-0.39, 0.29) is 11.9 Å². The van der Waals surface area contributed by atoms with Gasteiger partial charge >= 0.3 is 0 Å². The second-order valence-corrected chi connectivity index (χ2v) is 4.84. The Hall–Kier alpha value is -1.39. The molecule has 4 nitrogen and oxygen atoms in total. The number of carbonyl (C=O) groups excluding carboxylic acids is 1. The highest BCUT2D eigenvalue weighted by Crippen LogP contribution is 2.19. The predicted molar refractivity (Wildman–Crippen MR) is 72.2 cm³/mol. The maximum absolute atomic E-state index is 11.9. The number of aliphatic hydroxyl groups is 1. The van der Waals surface area contributed by atoms with Crippen LogP contribution in [-0.2, 0) is 4.79 Å². The lowest BCUT2D eigenvalue weighted by Gasteiger charge is -2.30. The SMILES string of the molecule is C[C@@H]([C@H](O)c1ccccc1)N(C)C(=O)CN(C)C. The van der Waals surface area contributed by atoms with Crippen LogP contribution in [0.25, 0.3) is 0 Å². The second-order valence-electron chi connectivity index (χ2n) is 4.84. The van der Waals surface area contributed by atoms with E-state index in [1.807, 2.05) is 56.3 Å². The average Bonchev–Trinajstić information content (AvgIpc) is 2.36. The smallest absolute Gasteiger partial charge is 0.236 e. The minimum Gasteiger partial charge on any atom is -0.386 e. The van der Waals surface area contributed by atoms with Crippen LogP contribution in [0.5, 0.6) is 0 Å². The minimum atomic E-state index is -0.665. The van der Waals surface area contributed by atoms with E-state index in [4.69, 9.17) is 0 Å². The van der Waals surface area contributed by atoms with Crippen LogP contribution in [-0.4, -0.2) is 54.5 Å². The largest absolute Gasteiger partial charge is 0.386 e. The van der Waals surface area contributed by atoms with Crippen LogP contribution in [0.2, 0.25) is 0 Å². The van der Waals surface area contributed by atoms with Gasteiger partial charge < -0.3 is 14.9 Å². The fraction of sp³-hybridized carbons (Fsp3) is 0.500. The molecule has 0 fully saturated rings. The predicted octanol–water partition coefficient (Wildman–Crippen LogP) is 1.13. The molecule has 1 aromatic carbocycles. The van der Waals surface area contributed by atoms with Gasteiger partial charge in [0.2, 0.25) is 5.91 Å². The number of benzene rings is 1. The summed E-state index contributed by atoms with van der Waals surface area (Å²) in [5.74, 6) is 0.00230. The highest BCUT2D eigenvalue weighted by Gasteiger charge is 2.23. The van der Waals surface area contributed by atoms with Crippen molar-refractivity contribution in [1.29, 1.82) is 0 Å². The summed E-state index contributed by atoms with van der Waals surface area (Å²) in [5.41, 5.74) is 0.828. The third-order valence-electron chi connectivity index (χ3n) is 3.05. The molecule has 4 heteroatoms. The molecule has 0 aliphatic heterocycles. The van der Waals surface area contributed by atoms with Gasteiger partial charge in [-0.1, -0.05) is 30.3 Å². The van der Waals surface area contributed by atoms with Gasteiger partial charge in [-0.2, -0.15) is 0 Å². The molecule has 1 N–H and O–H groups in total. The molecule has 100 valence electrons. The van der Waals surface area contributed by atoms with Gasteiger partial charge in [0, 0.05) is 7.05 Å². The highest BCUT2D eigenvalue weighted by atomic mass is 16.3. The lowest BCUT2D eigenvalue weighted by Crippen LogP contribution is -2.43. The number of likely N-dealkylation sites (N-methyl/N-ethyl adjacent to an activating group) is 2. The Bertz CT molecular complexity index is 379. The fourth-order valence-electron chi connectivity index (χ4n) is 1.75. The van der Waals surface area contributed by atoms with Gasteiger partial charge in [0.05, 0.1) is 18.7 Å². The zero-order chi connectivity index (χ0) is 13.7. The molecule has 0 saturated carbocycles. The molecule has 0 saturated heterocycles. The van der Waals surface area contributed by atoms with E-state index in [1.165, 1.54) is 0 Å². The highest BCUT2D eigenvalue weighted by molar-refractivity contribution is 5.78. The summed E-state index contributed by atoms with van der Waals surface area (Å²) in [6, 6.07) is 9.15. The van der Waals surface area contributed by atoms with Crippen molar-refractivity contribution in [2.24, 2.45) is 0 Å². The zero-order valence-corrected chi connectivity index (χ0v) is 11.5. The Morgan fingerprint density at radius 2 is 1.78 bits per heavy atom. The van der Waals surface area contributed by atoms with E-state index in [2.05, 4.69) is 0 Å². The van der Waals surface area contributed by atoms with Gasteiger partial charge in [-0.3, -0.25) is 4.79 Å². The van der Waals surface area contributed by atoms with Crippen LogP contribution in [0.3, 0.4) is 0 Å². The van der Waals surface area contributed by atoms with Crippen molar-refractivity contribution in [3.05, 3.63) is 35.9 Å². The Morgan fingerprint density at radius 1 is 1.22 bits per heavy atom. The second kappa shape index (κ2) is 6.52. The van der Waals surface area contributed by atoms with E-state index in [9.17, 15) is 9.90 Å². The van der Waals surface area contributed by atoms with E-state index >= 15 is 0 Å². The molecule has 1 amide bonds. The Kier molecular flexibility index (Phi) is 5.31. The molecule has 0 spiro atoms. The standard InChI is InChI=1S/C14H22N2O2/c1-11(16(4)13(17)10-15(2)3)14(18)12-8-6-5-7-9-12/h5-9,11,14,18H,10H2,1-4H3/t11-,14-/m0/s1. The molecule has 0 aliphatic rings. The van der Waals surface area contributed by atoms with Gasteiger partial charge in [-0.25, -0.2) is 0 Å². The fourth-order valence-corrected chi connectivity index (χ4v) is 1.75. The van der Waals surface area contributed by atoms with Crippen LogP contribution in [0.4, 0.5) is 0 Å². The summed E-state index contributed by atoms with van der Waals surface area (Å²) in [7, 11) is 5.43. The van der Waals surface area contributed by atoms with Crippen molar-refractivity contribution in [1.82, 2.24) is 9.80 Å². The van der Waals surface area contributed by atoms with E-state index in [1.54, 1.807) is 11.9 Å². The van der Waals surface area contributed by atoms with Crippen molar-refractivity contribution in [3.63, 3.8) is 0 Å². The first-order valence-corrected chi connectivity index (χ1v) is 6.07. The van der Waals surface area contributed by atoms with Crippen molar-refractivity contribution >= 4 is 5.91 Å². The Labute approximate surface area is 109 Å². The average molecular weight is 250 g/mol. The van der Waals surface area contributed by atoms with Crippen LogP contribution in [0, 0.1) is 0 Å². The molecule has 1 aromatic rings. The number of nitrogens with zero attached hydrogens (tertiary/aromatic N) is 2. The summed E-state index contributed by atoms with van der Waals surface area (Å²) in [6.45, 7) is 2.20. The number of carbonyl (C=O) groups is 1.